The van der Waals surface area contributed by atoms with Gasteiger partial charge in [0.05, 0.1) is 18.1 Å². The van der Waals surface area contributed by atoms with Gasteiger partial charge >= 0.3 is 0 Å². The van der Waals surface area contributed by atoms with Crippen LogP contribution in [-0.2, 0) is 10.0 Å². The van der Waals surface area contributed by atoms with Gasteiger partial charge in [-0.25, -0.2) is 17.7 Å². The second-order valence-corrected chi connectivity index (χ2v) is 7.34. The van der Waals surface area contributed by atoms with Gasteiger partial charge in [0.2, 0.25) is 10.0 Å². The Kier molecular flexibility index (Phi) is 4.89. The number of hydrogen-bond acceptors (Lipinski definition) is 5. The van der Waals surface area contributed by atoms with E-state index in [9.17, 15) is 13.2 Å². The van der Waals surface area contributed by atoms with Crippen molar-refractivity contribution in [3.8, 4) is 0 Å². The molecule has 1 aromatic heterocycles. The van der Waals surface area contributed by atoms with Crippen LogP contribution in [0, 0.1) is 12.8 Å². The molecule has 116 valence electrons. The molecule has 0 aliphatic carbocycles. The fourth-order valence-corrected chi connectivity index (χ4v) is 3.16. The maximum Gasteiger partial charge on any atom is 0.271 e. The number of sulfonamides is 1. The van der Waals surface area contributed by atoms with Gasteiger partial charge in [0.25, 0.3) is 5.91 Å². The van der Waals surface area contributed by atoms with Crippen LogP contribution in [0.2, 0.25) is 0 Å². The average molecular weight is 312 g/mol. The smallest absolute Gasteiger partial charge is 0.271 e. The van der Waals surface area contributed by atoms with Crippen molar-refractivity contribution in [1.29, 1.82) is 0 Å². The summed E-state index contributed by atoms with van der Waals surface area (Å²) in [5.74, 6) is 0.0541. The van der Waals surface area contributed by atoms with Crippen LogP contribution in [0.5, 0.6) is 0 Å². The van der Waals surface area contributed by atoms with Crippen LogP contribution in [0.1, 0.15) is 29.0 Å². The Bertz CT molecular complexity index is 592. The first kappa shape index (κ1) is 15.8. The Morgan fingerprint density at radius 1 is 1.33 bits per heavy atom. The SMILES string of the molecule is Cc1cnc(C(=O)NCC2CCN(S(C)(=O)=O)CC2)cn1. The third-order valence-corrected chi connectivity index (χ3v) is 4.91. The molecule has 1 aliphatic rings. The van der Waals surface area contributed by atoms with Gasteiger partial charge in [-0.2, -0.15) is 0 Å². The topological polar surface area (TPSA) is 92.3 Å². The van der Waals surface area contributed by atoms with Gasteiger partial charge < -0.3 is 5.32 Å². The summed E-state index contributed by atoms with van der Waals surface area (Å²) in [6.45, 7) is 3.38. The van der Waals surface area contributed by atoms with Crippen molar-refractivity contribution in [2.45, 2.75) is 19.8 Å². The third kappa shape index (κ3) is 4.47. The number of carbonyl (C=O) groups is 1. The van der Waals surface area contributed by atoms with Crippen LogP contribution in [0.25, 0.3) is 0 Å². The van der Waals surface area contributed by atoms with E-state index in [1.807, 2.05) is 6.92 Å². The van der Waals surface area contributed by atoms with Gasteiger partial charge in [0.1, 0.15) is 5.69 Å². The highest BCUT2D eigenvalue weighted by molar-refractivity contribution is 7.88. The quantitative estimate of drug-likeness (QED) is 0.856. The normalized spacial score (nSPS) is 17.6. The number of rotatable bonds is 4. The predicted octanol–water partition coefficient (Wildman–Crippen LogP) is 0.186. The molecule has 1 saturated heterocycles. The van der Waals surface area contributed by atoms with E-state index >= 15 is 0 Å². The Balaban J connectivity index is 1.79. The molecule has 0 atom stereocenters. The zero-order valence-electron chi connectivity index (χ0n) is 12.2. The number of aryl methyl sites for hydroxylation is 1. The number of amides is 1. The number of hydrogen-bond donors (Lipinski definition) is 1. The highest BCUT2D eigenvalue weighted by Crippen LogP contribution is 2.18. The summed E-state index contributed by atoms with van der Waals surface area (Å²) in [6, 6.07) is 0. The first-order valence-corrected chi connectivity index (χ1v) is 8.73. The van der Waals surface area contributed by atoms with Crippen molar-refractivity contribution in [3.63, 3.8) is 0 Å². The van der Waals surface area contributed by atoms with Crippen LogP contribution >= 0.6 is 0 Å². The molecule has 0 unspecified atom stereocenters. The number of piperidine rings is 1. The van der Waals surface area contributed by atoms with Gasteiger partial charge in [0, 0.05) is 25.8 Å². The van der Waals surface area contributed by atoms with Crippen LogP contribution in [0.15, 0.2) is 12.4 Å². The number of nitrogens with one attached hydrogen (secondary N) is 1. The molecule has 2 rings (SSSR count). The molecule has 7 nitrogen and oxygen atoms in total. The summed E-state index contributed by atoms with van der Waals surface area (Å²) in [4.78, 5) is 20.0. The van der Waals surface area contributed by atoms with Crippen LogP contribution in [0.3, 0.4) is 0 Å². The molecular weight excluding hydrogens is 292 g/mol. The maximum absolute atomic E-state index is 11.9. The number of aromatic nitrogens is 2. The number of nitrogens with zero attached hydrogens (tertiary/aromatic N) is 3. The highest BCUT2D eigenvalue weighted by Gasteiger charge is 2.25. The average Bonchev–Trinajstić information content (AvgIpc) is 2.45. The van der Waals surface area contributed by atoms with E-state index in [0.717, 1.165) is 18.5 Å². The molecule has 0 radical (unpaired) electrons. The summed E-state index contributed by atoms with van der Waals surface area (Å²) in [6.07, 6.45) is 5.75. The van der Waals surface area contributed by atoms with Crippen LogP contribution < -0.4 is 5.32 Å². The van der Waals surface area contributed by atoms with Crippen molar-refractivity contribution in [1.82, 2.24) is 19.6 Å². The van der Waals surface area contributed by atoms with E-state index in [2.05, 4.69) is 15.3 Å². The lowest BCUT2D eigenvalue weighted by Gasteiger charge is -2.30. The molecule has 0 aromatic carbocycles. The van der Waals surface area contributed by atoms with Crippen molar-refractivity contribution in [2.75, 3.05) is 25.9 Å². The van der Waals surface area contributed by atoms with E-state index < -0.39 is 10.0 Å². The predicted molar refractivity (Wildman–Crippen MR) is 78.2 cm³/mol. The van der Waals surface area contributed by atoms with E-state index in [0.29, 0.717) is 31.2 Å². The van der Waals surface area contributed by atoms with Gasteiger partial charge in [-0.1, -0.05) is 0 Å². The Morgan fingerprint density at radius 2 is 2.00 bits per heavy atom. The van der Waals surface area contributed by atoms with E-state index in [1.165, 1.54) is 16.8 Å². The molecule has 1 N–H and O–H groups in total. The second-order valence-electron chi connectivity index (χ2n) is 5.36. The minimum Gasteiger partial charge on any atom is -0.350 e. The van der Waals surface area contributed by atoms with Crippen molar-refractivity contribution in [3.05, 3.63) is 23.8 Å². The molecule has 1 amide bonds. The van der Waals surface area contributed by atoms with Gasteiger partial charge in [-0.3, -0.25) is 9.78 Å². The fourth-order valence-electron chi connectivity index (χ4n) is 2.28. The van der Waals surface area contributed by atoms with E-state index in [1.54, 1.807) is 6.20 Å². The standard InChI is InChI=1S/C13H20N4O3S/c1-10-7-15-12(9-14-10)13(18)16-8-11-3-5-17(6-4-11)21(2,19)20/h7,9,11H,3-6,8H2,1-2H3,(H,16,18). The lowest BCUT2D eigenvalue weighted by atomic mass is 9.98. The van der Waals surface area contributed by atoms with Gasteiger partial charge in [0.15, 0.2) is 0 Å². The molecule has 21 heavy (non-hydrogen) atoms. The lowest BCUT2D eigenvalue weighted by Crippen LogP contribution is -2.41. The van der Waals surface area contributed by atoms with Crippen molar-refractivity contribution < 1.29 is 13.2 Å². The van der Waals surface area contributed by atoms with E-state index in [-0.39, 0.29) is 5.91 Å². The minimum atomic E-state index is -3.10. The summed E-state index contributed by atoms with van der Waals surface area (Å²) < 4.78 is 24.3. The fraction of sp³-hybridized carbons (Fsp3) is 0.615. The molecule has 8 heteroatoms. The Morgan fingerprint density at radius 3 is 2.52 bits per heavy atom. The minimum absolute atomic E-state index is 0.243. The first-order chi connectivity index (χ1) is 9.86. The molecule has 1 fully saturated rings. The molecule has 0 spiro atoms. The summed E-state index contributed by atoms with van der Waals surface area (Å²) in [7, 11) is -3.10. The van der Waals surface area contributed by atoms with Crippen LogP contribution in [0.4, 0.5) is 0 Å². The Labute approximate surface area is 124 Å². The number of carbonyl (C=O) groups excluding carboxylic acids is 1. The highest BCUT2D eigenvalue weighted by atomic mass is 32.2. The summed E-state index contributed by atoms with van der Waals surface area (Å²) in [5, 5.41) is 2.83. The molecule has 0 bridgehead atoms. The zero-order chi connectivity index (χ0) is 15.5. The first-order valence-electron chi connectivity index (χ1n) is 6.88. The van der Waals surface area contributed by atoms with Crippen molar-refractivity contribution >= 4 is 15.9 Å². The summed E-state index contributed by atoms with van der Waals surface area (Å²) in [5.41, 5.74) is 1.06. The summed E-state index contributed by atoms with van der Waals surface area (Å²) >= 11 is 0. The van der Waals surface area contributed by atoms with Crippen LogP contribution in [-0.4, -0.2) is 54.5 Å². The lowest BCUT2D eigenvalue weighted by molar-refractivity contribution is 0.0936. The maximum atomic E-state index is 11.9. The molecule has 2 heterocycles. The molecule has 1 aliphatic heterocycles. The zero-order valence-corrected chi connectivity index (χ0v) is 13.1. The monoisotopic (exact) mass is 312 g/mol. The molecule has 0 saturated carbocycles. The largest absolute Gasteiger partial charge is 0.350 e. The third-order valence-electron chi connectivity index (χ3n) is 3.61. The molecule has 1 aromatic rings. The molecular formula is C13H20N4O3S. The van der Waals surface area contributed by atoms with Gasteiger partial charge in [-0.15, -0.1) is 0 Å². The second kappa shape index (κ2) is 6.48. The van der Waals surface area contributed by atoms with Gasteiger partial charge in [-0.05, 0) is 25.7 Å². The Hall–Kier alpha value is -1.54. The van der Waals surface area contributed by atoms with E-state index in [4.69, 9.17) is 0 Å². The van der Waals surface area contributed by atoms with Crippen molar-refractivity contribution in [2.24, 2.45) is 5.92 Å².